The molecule has 21 heavy (non-hydrogen) atoms. The number of aryl methyl sites for hydroxylation is 2. The third kappa shape index (κ3) is 3.89. The summed E-state index contributed by atoms with van der Waals surface area (Å²) in [6.07, 6.45) is 3.36. The molecule has 1 unspecified atom stereocenters. The molecule has 0 heterocycles. The van der Waals surface area contributed by atoms with Crippen molar-refractivity contribution in [1.29, 1.82) is 0 Å². The third-order valence-electron chi connectivity index (χ3n) is 4.45. The first-order valence-electron chi connectivity index (χ1n) is 7.31. The monoisotopic (exact) mass is 354 g/mol. The predicted octanol–water partition coefficient (Wildman–Crippen LogP) is 5.90. The van der Waals surface area contributed by atoms with Crippen molar-refractivity contribution in [3.8, 4) is 0 Å². The Morgan fingerprint density at radius 2 is 1.67 bits per heavy atom. The van der Waals surface area contributed by atoms with Gasteiger partial charge in [-0.15, -0.1) is 47.5 Å². The second kappa shape index (κ2) is 7.45. The summed E-state index contributed by atoms with van der Waals surface area (Å²) < 4.78 is 0. The van der Waals surface area contributed by atoms with Crippen LogP contribution in [0.2, 0.25) is 0 Å². The first-order chi connectivity index (χ1) is 9.41. The topological polar surface area (TPSA) is 0 Å². The summed E-state index contributed by atoms with van der Waals surface area (Å²) in [6, 6.07) is 10.8. The first kappa shape index (κ1) is 18.2. The van der Waals surface area contributed by atoms with Gasteiger partial charge in [0, 0.05) is 0 Å². The van der Waals surface area contributed by atoms with Crippen LogP contribution in [0.5, 0.6) is 0 Å². The number of fused-ring (bicyclic) bond motifs is 1. The second-order valence-corrected chi connectivity index (χ2v) is 5.85. The Bertz CT molecular complexity index is 647. The van der Waals surface area contributed by atoms with Crippen molar-refractivity contribution < 1.29 is 26.2 Å². The Morgan fingerprint density at radius 3 is 2.10 bits per heavy atom. The van der Waals surface area contributed by atoms with E-state index in [1.807, 2.05) is 0 Å². The molecule has 2 aromatic rings. The van der Waals surface area contributed by atoms with Crippen LogP contribution in [0.3, 0.4) is 0 Å². The zero-order valence-corrected chi connectivity index (χ0v) is 16.4. The van der Waals surface area contributed by atoms with Crippen LogP contribution in [0.4, 0.5) is 0 Å². The average molecular weight is 356 g/mol. The van der Waals surface area contributed by atoms with Gasteiger partial charge in [0.25, 0.3) is 0 Å². The van der Waals surface area contributed by atoms with E-state index in [9.17, 15) is 0 Å². The molecule has 108 valence electrons. The van der Waals surface area contributed by atoms with Crippen molar-refractivity contribution in [3.63, 3.8) is 0 Å². The molecule has 1 aliphatic rings. The standard InChI is InChI=1S/C11H11.C9H13.Zr/c1-8-7-9(2)11-6-4-3-5-10(8)11;1-6-5-7(2)9(4)8(6)3;/h3-7H,1-2H3;6H,1-4H3;/q2*-1;+2. The van der Waals surface area contributed by atoms with E-state index >= 15 is 0 Å². The van der Waals surface area contributed by atoms with Gasteiger partial charge < -0.3 is 0 Å². The van der Waals surface area contributed by atoms with Crippen molar-refractivity contribution in [1.82, 2.24) is 0 Å². The summed E-state index contributed by atoms with van der Waals surface area (Å²) in [4.78, 5) is 0. The van der Waals surface area contributed by atoms with E-state index < -0.39 is 0 Å². The van der Waals surface area contributed by atoms with Crippen LogP contribution in [-0.4, -0.2) is 0 Å². The summed E-state index contributed by atoms with van der Waals surface area (Å²) in [6.45, 7) is 13.0. The summed E-state index contributed by atoms with van der Waals surface area (Å²) in [5.41, 5.74) is 7.02. The van der Waals surface area contributed by atoms with E-state index in [4.69, 9.17) is 0 Å². The minimum atomic E-state index is 0. The SMILES string of the molecule is CC1=[C-]C(C)C(C)=C1C.Cc1c[c-](C)c2ccccc12.[Zr+2]. The molecule has 1 heteroatoms. The minimum absolute atomic E-state index is 0. The van der Waals surface area contributed by atoms with E-state index in [2.05, 4.69) is 78.0 Å². The van der Waals surface area contributed by atoms with E-state index in [1.54, 1.807) is 0 Å². The smallest absolute Gasteiger partial charge is 0.266 e. The number of allylic oxidation sites excluding steroid dienone is 4. The maximum atomic E-state index is 3.36. The Hall–Kier alpha value is -0.807. The molecule has 0 nitrogen and oxygen atoms in total. The fourth-order valence-corrected chi connectivity index (χ4v) is 2.81. The van der Waals surface area contributed by atoms with Gasteiger partial charge in [-0.3, -0.25) is 6.08 Å². The van der Waals surface area contributed by atoms with Crippen molar-refractivity contribution in [2.75, 3.05) is 0 Å². The molecule has 0 fully saturated rings. The summed E-state index contributed by atoms with van der Waals surface area (Å²) in [7, 11) is 0. The molecule has 0 amide bonds. The Kier molecular flexibility index (Phi) is 6.48. The van der Waals surface area contributed by atoms with Gasteiger partial charge in [0.15, 0.2) is 0 Å². The van der Waals surface area contributed by atoms with Crippen LogP contribution in [0.25, 0.3) is 10.8 Å². The van der Waals surface area contributed by atoms with E-state index in [0.29, 0.717) is 5.92 Å². The van der Waals surface area contributed by atoms with Gasteiger partial charge in [0.2, 0.25) is 0 Å². The molecule has 2 aromatic carbocycles. The maximum absolute atomic E-state index is 3.36. The Labute approximate surface area is 148 Å². The summed E-state index contributed by atoms with van der Waals surface area (Å²) in [5, 5.41) is 2.79. The fraction of sp³-hybridized carbons (Fsp3) is 0.350. The van der Waals surface area contributed by atoms with Crippen LogP contribution < -0.4 is 0 Å². The molecular formula is C20H24Zr. The zero-order valence-electron chi connectivity index (χ0n) is 14.0. The zero-order chi connectivity index (χ0) is 14.9. The van der Waals surface area contributed by atoms with Crippen molar-refractivity contribution in [2.24, 2.45) is 5.92 Å². The molecule has 0 N–H and O–H groups in total. The molecule has 0 aromatic heterocycles. The number of benzene rings is 1. The molecule has 0 radical (unpaired) electrons. The quantitative estimate of drug-likeness (QED) is 0.516. The summed E-state index contributed by atoms with van der Waals surface area (Å²) in [5.74, 6) is 0.560. The average Bonchev–Trinajstić information content (AvgIpc) is 2.84. The molecule has 1 atom stereocenters. The Balaban J connectivity index is 0.000000205. The van der Waals surface area contributed by atoms with Gasteiger partial charge in [-0.25, -0.2) is 5.57 Å². The number of rotatable bonds is 0. The largest absolute Gasteiger partial charge is 2.00 e. The maximum Gasteiger partial charge on any atom is 2.00 e. The van der Waals surface area contributed by atoms with Crippen LogP contribution >= 0.6 is 0 Å². The fourth-order valence-electron chi connectivity index (χ4n) is 2.81. The van der Waals surface area contributed by atoms with Crippen LogP contribution in [0.1, 0.15) is 38.8 Å². The molecule has 1 aliphatic carbocycles. The molecule has 0 spiro atoms. The number of hydrogen-bond acceptors (Lipinski definition) is 0. The van der Waals surface area contributed by atoms with E-state index in [-0.39, 0.29) is 26.2 Å². The molecule has 0 saturated carbocycles. The molecule has 3 rings (SSSR count). The molecular weight excluding hydrogens is 331 g/mol. The number of hydrogen-bond donors (Lipinski definition) is 0. The van der Waals surface area contributed by atoms with E-state index in [1.165, 1.54) is 38.6 Å². The van der Waals surface area contributed by atoms with Crippen LogP contribution in [0.15, 0.2) is 47.1 Å². The van der Waals surface area contributed by atoms with Gasteiger partial charge >= 0.3 is 26.2 Å². The van der Waals surface area contributed by atoms with Crippen molar-refractivity contribution in [2.45, 2.75) is 41.5 Å². The van der Waals surface area contributed by atoms with Gasteiger partial charge in [0.05, 0.1) is 0 Å². The van der Waals surface area contributed by atoms with Gasteiger partial charge in [-0.05, 0) is 0 Å². The van der Waals surface area contributed by atoms with E-state index in [0.717, 1.165) is 0 Å². The van der Waals surface area contributed by atoms with Gasteiger partial charge in [-0.2, -0.15) is 16.7 Å². The van der Waals surface area contributed by atoms with Crippen molar-refractivity contribution in [3.05, 3.63) is 64.3 Å². The third-order valence-corrected chi connectivity index (χ3v) is 4.45. The van der Waals surface area contributed by atoms with Gasteiger partial charge in [0.1, 0.15) is 0 Å². The van der Waals surface area contributed by atoms with Crippen LogP contribution in [0, 0.1) is 25.8 Å². The normalized spacial score (nSPS) is 17.2. The molecule has 0 aliphatic heterocycles. The van der Waals surface area contributed by atoms with Crippen LogP contribution in [-0.2, 0) is 26.2 Å². The molecule has 0 saturated heterocycles. The van der Waals surface area contributed by atoms with Crippen molar-refractivity contribution >= 4 is 10.8 Å². The first-order valence-corrected chi connectivity index (χ1v) is 7.31. The second-order valence-electron chi connectivity index (χ2n) is 5.85. The predicted molar refractivity (Wildman–Crippen MR) is 89.0 cm³/mol. The minimum Gasteiger partial charge on any atom is -0.266 e. The molecule has 0 bridgehead atoms. The Morgan fingerprint density at radius 1 is 1.05 bits per heavy atom. The van der Waals surface area contributed by atoms with Gasteiger partial charge in [-0.1, -0.05) is 46.6 Å². The summed E-state index contributed by atoms with van der Waals surface area (Å²) >= 11 is 0.